The fourth-order valence-corrected chi connectivity index (χ4v) is 3.88. The fraction of sp³-hybridized carbons (Fsp3) is 0.312. The predicted molar refractivity (Wildman–Crippen MR) is 92.2 cm³/mol. The molecule has 0 amide bonds. The molecule has 2 aromatic rings. The summed E-state index contributed by atoms with van der Waals surface area (Å²) in [6.07, 6.45) is 0. The van der Waals surface area contributed by atoms with E-state index in [1.165, 1.54) is 11.5 Å². The van der Waals surface area contributed by atoms with Crippen molar-refractivity contribution in [3.63, 3.8) is 0 Å². The Hall–Kier alpha value is -2.28. The highest BCUT2D eigenvalue weighted by molar-refractivity contribution is 7.10. The maximum Gasteiger partial charge on any atom is 0.130 e. The molecule has 3 rings (SSSR count). The minimum atomic E-state index is 0.566. The molecule has 0 bridgehead atoms. The van der Waals surface area contributed by atoms with Gasteiger partial charge in [0.2, 0.25) is 0 Å². The molecule has 1 aromatic heterocycles. The molecule has 0 radical (unpaired) electrons. The fourth-order valence-electron chi connectivity index (χ4n) is 2.69. The summed E-state index contributed by atoms with van der Waals surface area (Å²) in [4.78, 5) is 4.41. The Balaban J connectivity index is 1.74. The Bertz CT molecular complexity index is 809. The van der Waals surface area contributed by atoms with Crippen molar-refractivity contribution in [2.45, 2.75) is 6.92 Å². The molecule has 1 fully saturated rings. The third kappa shape index (κ3) is 2.96. The van der Waals surface area contributed by atoms with Crippen LogP contribution in [0.2, 0.25) is 5.02 Å². The van der Waals surface area contributed by atoms with Crippen LogP contribution in [0.15, 0.2) is 18.2 Å². The monoisotopic (exact) mass is 343 g/mol. The molecule has 0 spiro atoms. The number of hydrogen-bond donors (Lipinski definition) is 0. The number of rotatable bonds is 2. The van der Waals surface area contributed by atoms with Crippen molar-refractivity contribution >= 4 is 33.8 Å². The van der Waals surface area contributed by atoms with Gasteiger partial charge in [-0.25, -0.2) is 0 Å². The van der Waals surface area contributed by atoms with Crippen LogP contribution in [0.4, 0.5) is 10.7 Å². The van der Waals surface area contributed by atoms with Crippen LogP contribution in [0, 0.1) is 29.6 Å². The minimum absolute atomic E-state index is 0.566. The number of aryl methyl sites for hydroxylation is 1. The highest BCUT2D eigenvalue weighted by atomic mass is 35.5. The summed E-state index contributed by atoms with van der Waals surface area (Å²) in [5, 5.41) is 19.7. The van der Waals surface area contributed by atoms with Gasteiger partial charge in [0.15, 0.2) is 0 Å². The first-order valence-corrected chi connectivity index (χ1v) is 8.35. The van der Waals surface area contributed by atoms with Crippen LogP contribution in [0.25, 0.3) is 0 Å². The second-order valence-electron chi connectivity index (χ2n) is 5.31. The third-order valence-electron chi connectivity index (χ3n) is 3.94. The number of piperazine rings is 1. The van der Waals surface area contributed by atoms with Gasteiger partial charge < -0.3 is 9.80 Å². The molecular formula is C16H14ClN5S. The zero-order chi connectivity index (χ0) is 16.4. The topological polar surface area (TPSA) is 67.0 Å². The molecule has 1 aromatic carbocycles. The summed E-state index contributed by atoms with van der Waals surface area (Å²) in [7, 11) is 0. The van der Waals surface area contributed by atoms with E-state index in [4.69, 9.17) is 16.9 Å². The Morgan fingerprint density at radius 2 is 1.83 bits per heavy atom. The molecular weight excluding hydrogens is 330 g/mol. The van der Waals surface area contributed by atoms with Crippen molar-refractivity contribution in [2.75, 3.05) is 36.0 Å². The van der Waals surface area contributed by atoms with Crippen LogP contribution in [-0.4, -0.2) is 30.6 Å². The number of aromatic nitrogens is 1. The molecule has 0 N–H and O–H groups in total. The van der Waals surface area contributed by atoms with Crippen molar-refractivity contribution < 1.29 is 0 Å². The van der Waals surface area contributed by atoms with Crippen LogP contribution in [-0.2, 0) is 0 Å². The molecule has 7 heteroatoms. The molecule has 2 heterocycles. The van der Waals surface area contributed by atoms with E-state index >= 15 is 0 Å². The molecule has 116 valence electrons. The summed E-state index contributed by atoms with van der Waals surface area (Å²) >= 11 is 7.67. The summed E-state index contributed by atoms with van der Waals surface area (Å²) in [5.74, 6) is 0. The largest absolute Gasteiger partial charge is 0.367 e. The van der Waals surface area contributed by atoms with E-state index in [0.29, 0.717) is 16.1 Å². The van der Waals surface area contributed by atoms with E-state index in [2.05, 4.69) is 26.3 Å². The quantitative estimate of drug-likeness (QED) is 0.837. The smallest absolute Gasteiger partial charge is 0.130 e. The average Bonchev–Trinajstić information content (AvgIpc) is 2.95. The van der Waals surface area contributed by atoms with Crippen molar-refractivity contribution in [3.8, 4) is 12.1 Å². The lowest BCUT2D eigenvalue weighted by molar-refractivity contribution is 0.656. The van der Waals surface area contributed by atoms with E-state index in [-0.39, 0.29) is 0 Å². The normalized spacial score (nSPS) is 14.4. The van der Waals surface area contributed by atoms with Crippen LogP contribution in [0.5, 0.6) is 0 Å². The predicted octanol–water partition coefficient (Wildman–Crippen LogP) is 3.17. The lowest BCUT2D eigenvalue weighted by Gasteiger charge is -2.37. The van der Waals surface area contributed by atoms with E-state index in [0.717, 1.165) is 42.6 Å². The maximum atomic E-state index is 9.27. The van der Waals surface area contributed by atoms with Crippen LogP contribution in [0.1, 0.15) is 16.8 Å². The molecule has 1 aliphatic rings. The lowest BCUT2D eigenvalue weighted by Crippen LogP contribution is -2.46. The molecule has 0 saturated carbocycles. The van der Waals surface area contributed by atoms with Gasteiger partial charge in [0.05, 0.1) is 28.0 Å². The summed E-state index contributed by atoms with van der Waals surface area (Å²) in [6.45, 7) is 5.12. The highest BCUT2D eigenvalue weighted by Crippen LogP contribution is 2.31. The van der Waals surface area contributed by atoms with Gasteiger partial charge in [-0.3, -0.25) is 0 Å². The molecule has 0 atom stereocenters. The standard InChI is InChI=1S/C16H14ClN5S/c1-11-13(10-19)16(23-20-11)22-6-4-21(5-7-22)15-3-2-12(9-18)8-14(15)17/h2-3,8H,4-7H2,1H3. The first kappa shape index (κ1) is 15.6. The van der Waals surface area contributed by atoms with Crippen LogP contribution in [0.3, 0.4) is 0 Å². The lowest BCUT2D eigenvalue weighted by atomic mass is 10.2. The average molecular weight is 344 g/mol. The molecule has 1 saturated heterocycles. The number of hydrogen-bond acceptors (Lipinski definition) is 6. The number of halogens is 1. The Morgan fingerprint density at radius 3 is 2.43 bits per heavy atom. The summed E-state index contributed by atoms with van der Waals surface area (Å²) < 4.78 is 4.29. The van der Waals surface area contributed by atoms with E-state index < -0.39 is 0 Å². The van der Waals surface area contributed by atoms with Crippen molar-refractivity contribution in [1.29, 1.82) is 10.5 Å². The Kier molecular flexibility index (Phi) is 4.38. The highest BCUT2D eigenvalue weighted by Gasteiger charge is 2.23. The number of anilines is 2. The summed E-state index contributed by atoms with van der Waals surface area (Å²) in [6, 6.07) is 9.72. The number of nitrogens with zero attached hydrogens (tertiary/aromatic N) is 5. The van der Waals surface area contributed by atoms with Gasteiger partial charge in [-0.2, -0.15) is 14.9 Å². The van der Waals surface area contributed by atoms with Gasteiger partial charge in [0.25, 0.3) is 0 Å². The molecule has 23 heavy (non-hydrogen) atoms. The van der Waals surface area contributed by atoms with Crippen molar-refractivity contribution in [2.24, 2.45) is 0 Å². The van der Waals surface area contributed by atoms with Gasteiger partial charge >= 0.3 is 0 Å². The number of nitriles is 2. The molecule has 1 aliphatic heterocycles. The van der Waals surface area contributed by atoms with Crippen molar-refractivity contribution in [3.05, 3.63) is 40.0 Å². The Labute approximate surface area is 144 Å². The van der Waals surface area contributed by atoms with E-state index in [1.807, 2.05) is 13.0 Å². The molecule has 5 nitrogen and oxygen atoms in total. The Morgan fingerprint density at radius 1 is 1.13 bits per heavy atom. The zero-order valence-corrected chi connectivity index (χ0v) is 14.2. The van der Waals surface area contributed by atoms with Gasteiger partial charge in [-0.05, 0) is 36.7 Å². The van der Waals surface area contributed by atoms with Crippen LogP contribution >= 0.6 is 23.1 Å². The third-order valence-corrected chi connectivity index (χ3v) is 5.24. The van der Waals surface area contributed by atoms with E-state index in [1.54, 1.807) is 12.1 Å². The van der Waals surface area contributed by atoms with Gasteiger partial charge in [0.1, 0.15) is 16.6 Å². The van der Waals surface area contributed by atoms with Gasteiger partial charge in [-0.1, -0.05) is 11.6 Å². The maximum absolute atomic E-state index is 9.27. The zero-order valence-electron chi connectivity index (χ0n) is 12.6. The summed E-state index contributed by atoms with van der Waals surface area (Å²) in [5.41, 5.74) is 2.99. The second kappa shape index (κ2) is 6.45. The SMILES string of the molecule is Cc1nsc(N2CCN(c3ccc(C#N)cc3Cl)CC2)c1C#N. The second-order valence-corrected chi connectivity index (χ2v) is 6.47. The minimum Gasteiger partial charge on any atom is -0.367 e. The van der Waals surface area contributed by atoms with Gasteiger partial charge in [0, 0.05) is 26.2 Å². The molecule has 0 aliphatic carbocycles. The van der Waals surface area contributed by atoms with Crippen molar-refractivity contribution in [1.82, 2.24) is 4.37 Å². The first-order chi connectivity index (χ1) is 11.1. The number of benzene rings is 1. The first-order valence-electron chi connectivity index (χ1n) is 7.20. The van der Waals surface area contributed by atoms with Crippen LogP contribution < -0.4 is 9.80 Å². The molecule has 0 unspecified atom stereocenters. The van der Waals surface area contributed by atoms with Gasteiger partial charge in [-0.15, -0.1) is 0 Å². The van der Waals surface area contributed by atoms with E-state index in [9.17, 15) is 5.26 Å².